The maximum absolute atomic E-state index is 12.1. The first-order valence-electron chi connectivity index (χ1n) is 7.56. The third kappa shape index (κ3) is 6.16. The smallest absolute Gasteiger partial charge is 0.251 e. The fourth-order valence-corrected chi connectivity index (χ4v) is 2.93. The molecule has 0 spiro atoms. The van der Waals surface area contributed by atoms with Crippen molar-refractivity contribution in [2.45, 2.75) is 6.92 Å². The first-order valence-corrected chi connectivity index (χ1v) is 10.2. The number of anilines is 2. The molecule has 3 N–H and O–H groups in total. The molecule has 0 saturated heterocycles. The lowest BCUT2D eigenvalue weighted by atomic mass is 10.2. The van der Waals surface area contributed by atoms with E-state index in [1.165, 1.54) is 18.2 Å². The second-order valence-corrected chi connectivity index (χ2v) is 8.25. The number of amides is 2. The molecule has 26 heavy (non-hydrogen) atoms. The number of halogens is 1. The second kappa shape index (κ2) is 8.33. The molecule has 2 aromatic rings. The zero-order valence-electron chi connectivity index (χ0n) is 14.2. The summed E-state index contributed by atoms with van der Waals surface area (Å²) in [6.07, 6.45) is 1.02. The van der Waals surface area contributed by atoms with E-state index in [1.807, 2.05) is 19.1 Å². The highest BCUT2D eigenvalue weighted by Gasteiger charge is 2.10. The van der Waals surface area contributed by atoms with Crippen molar-refractivity contribution < 1.29 is 18.0 Å². The lowest BCUT2D eigenvalue weighted by Gasteiger charge is -2.09. The topological polar surface area (TPSA) is 104 Å². The Balaban J connectivity index is 1.94. The van der Waals surface area contributed by atoms with Crippen molar-refractivity contribution in [3.63, 3.8) is 0 Å². The molecule has 0 aliphatic rings. The Hall–Kier alpha value is -2.39. The summed E-state index contributed by atoms with van der Waals surface area (Å²) in [5.41, 5.74) is 2.12. The molecule has 0 aromatic heterocycles. The number of carbonyl (C=O) groups excluding carboxylic acids is 2. The summed E-state index contributed by atoms with van der Waals surface area (Å²) < 4.78 is 25.7. The van der Waals surface area contributed by atoms with Crippen LogP contribution < -0.4 is 15.4 Å². The van der Waals surface area contributed by atoms with Gasteiger partial charge >= 0.3 is 0 Å². The molecule has 0 unspecified atom stereocenters. The summed E-state index contributed by atoms with van der Waals surface area (Å²) in [5, 5.41) is 5.19. The van der Waals surface area contributed by atoms with Gasteiger partial charge in [0, 0.05) is 21.4 Å². The van der Waals surface area contributed by atoms with E-state index in [4.69, 9.17) is 0 Å². The van der Waals surface area contributed by atoms with Crippen molar-refractivity contribution in [3.8, 4) is 0 Å². The van der Waals surface area contributed by atoms with Crippen LogP contribution >= 0.6 is 15.9 Å². The van der Waals surface area contributed by atoms with Crippen LogP contribution in [0, 0.1) is 6.92 Å². The monoisotopic (exact) mass is 439 g/mol. The van der Waals surface area contributed by atoms with Crippen LogP contribution in [0.2, 0.25) is 0 Å². The summed E-state index contributed by atoms with van der Waals surface area (Å²) in [7, 11) is -3.44. The molecule has 2 amide bonds. The van der Waals surface area contributed by atoms with E-state index < -0.39 is 15.9 Å². The minimum Gasteiger partial charge on any atom is -0.343 e. The standard InChI is InChI=1S/C17H18BrN3O4S/c1-11-8-13(6-7-15(11)18)20-16(22)10-19-17(23)12-4-3-5-14(9-12)21-26(2,24)25/h3-9,21H,10H2,1-2H3,(H,19,23)(H,20,22). The fourth-order valence-electron chi connectivity index (χ4n) is 2.13. The van der Waals surface area contributed by atoms with Crippen LogP contribution in [0.15, 0.2) is 46.9 Å². The number of aryl methyl sites for hydroxylation is 1. The fraction of sp³-hybridized carbons (Fsp3) is 0.176. The molecule has 0 radical (unpaired) electrons. The van der Waals surface area contributed by atoms with E-state index in [0.717, 1.165) is 16.3 Å². The quantitative estimate of drug-likeness (QED) is 0.642. The maximum atomic E-state index is 12.1. The van der Waals surface area contributed by atoms with Crippen LogP contribution in [0.25, 0.3) is 0 Å². The van der Waals surface area contributed by atoms with Crippen molar-refractivity contribution in [1.82, 2.24) is 5.32 Å². The van der Waals surface area contributed by atoms with Crippen molar-refractivity contribution in [2.75, 3.05) is 22.8 Å². The van der Waals surface area contributed by atoms with Gasteiger partial charge in [0.05, 0.1) is 12.8 Å². The van der Waals surface area contributed by atoms with Crippen LogP contribution in [0.5, 0.6) is 0 Å². The van der Waals surface area contributed by atoms with Gasteiger partial charge in [-0.2, -0.15) is 0 Å². The molecule has 7 nitrogen and oxygen atoms in total. The Kier molecular flexibility index (Phi) is 6.38. The maximum Gasteiger partial charge on any atom is 0.251 e. The summed E-state index contributed by atoms with van der Waals surface area (Å²) in [5.74, 6) is -0.852. The SMILES string of the molecule is Cc1cc(NC(=O)CNC(=O)c2cccc(NS(C)(=O)=O)c2)ccc1Br. The van der Waals surface area contributed by atoms with Crippen molar-refractivity contribution in [2.24, 2.45) is 0 Å². The molecule has 138 valence electrons. The molecule has 0 atom stereocenters. The molecular formula is C17H18BrN3O4S. The highest BCUT2D eigenvalue weighted by molar-refractivity contribution is 9.10. The highest BCUT2D eigenvalue weighted by atomic mass is 79.9. The lowest BCUT2D eigenvalue weighted by molar-refractivity contribution is -0.115. The molecule has 9 heteroatoms. The number of nitrogens with one attached hydrogen (secondary N) is 3. The van der Waals surface area contributed by atoms with E-state index in [2.05, 4.69) is 31.3 Å². The van der Waals surface area contributed by atoms with Crippen LogP contribution in [0.3, 0.4) is 0 Å². The average Bonchev–Trinajstić information content (AvgIpc) is 2.55. The first kappa shape index (κ1) is 19.9. The van der Waals surface area contributed by atoms with Gasteiger partial charge in [0.15, 0.2) is 0 Å². The molecule has 2 aromatic carbocycles. The number of rotatable bonds is 6. The van der Waals surface area contributed by atoms with Crippen LogP contribution in [-0.4, -0.2) is 33.0 Å². The van der Waals surface area contributed by atoms with Gasteiger partial charge in [-0.1, -0.05) is 22.0 Å². The van der Waals surface area contributed by atoms with E-state index >= 15 is 0 Å². The lowest BCUT2D eigenvalue weighted by Crippen LogP contribution is -2.32. The average molecular weight is 440 g/mol. The van der Waals surface area contributed by atoms with Gasteiger partial charge in [0.25, 0.3) is 5.91 Å². The predicted molar refractivity (Wildman–Crippen MR) is 105 cm³/mol. The van der Waals surface area contributed by atoms with E-state index in [9.17, 15) is 18.0 Å². The molecule has 2 rings (SSSR count). The summed E-state index contributed by atoms with van der Waals surface area (Å²) in [6.45, 7) is 1.69. The number of carbonyl (C=O) groups is 2. The summed E-state index contributed by atoms with van der Waals surface area (Å²) in [6, 6.07) is 11.4. The minimum atomic E-state index is -3.44. The molecule has 0 bridgehead atoms. The first-order chi connectivity index (χ1) is 12.1. The van der Waals surface area contributed by atoms with Gasteiger partial charge in [0.2, 0.25) is 15.9 Å². The number of hydrogen-bond donors (Lipinski definition) is 3. The molecular weight excluding hydrogens is 422 g/mol. The largest absolute Gasteiger partial charge is 0.343 e. The van der Waals surface area contributed by atoms with Crippen LogP contribution in [0.4, 0.5) is 11.4 Å². The predicted octanol–water partition coefficient (Wildman–Crippen LogP) is 2.50. The van der Waals surface area contributed by atoms with Gasteiger partial charge in [0.1, 0.15) is 0 Å². The number of sulfonamides is 1. The molecule has 0 fully saturated rings. The zero-order valence-corrected chi connectivity index (χ0v) is 16.6. The molecule has 0 saturated carbocycles. The van der Waals surface area contributed by atoms with Gasteiger partial charge in [-0.25, -0.2) is 8.42 Å². The second-order valence-electron chi connectivity index (χ2n) is 5.65. The molecule has 0 aliphatic carbocycles. The van der Waals surface area contributed by atoms with Gasteiger partial charge in [-0.05, 0) is 48.9 Å². The Morgan fingerprint density at radius 1 is 1.08 bits per heavy atom. The minimum absolute atomic E-state index is 0.211. The van der Waals surface area contributed by atoms with Crippen LogP contribution in [-0.2, 0) is 14.8 Å². The van der Waals surface area contributed by atoms with Crippen molar-refractivity contribution in [3.05, 3.63) is 58.1 Å². The van der Waals surface area contributed by atoms with E-state index in [-0.39, 0.29) is 23.7 Å². The number of benzene rings is 2. The Bertz CT molecular complexity index is 945. The van der Waals surface area contributed by atoms with Gasteiger partial charge < -0.3 is 10.6 Å². The van der Waals surface area contributed by atoms with Gasteiger partial charge in [-0.15, -0.1) is 0 Å². The third-order valence-electron chi connectivity index (χ3n) is 3.28. The van der Waals surface area contributed by atoms with Crippen molar-refractivity contribution >= 4 is 49.1 Å². The van der Waals surface area contributed by atoms with Gasteiger partial charge in [-0.3, -0.25) is 14.3 Å². The summed E-state index contributed by atoms with van der Waals surface area (Å²) in [4.78, 5) is 24.1. The Morgan fingerprint density at radius 3 is 2.46 bits per heavy atom. The summed E-state index contributed by atoms with van der Waals surface area (Å²) >= 11 is 3.38. The highest BCUT2D eigenvalue weighted by Crippen LogP contribution is 2.19. The van der Waals surface area contributed by atoms with Crippen molar-refractivity contribution in [1.29, 1.82) is 0 Å². The normalized spacial score (nSPS) is 10.9. The molecule has 0 heterocycles. The Labute approximate surface area is 160 Å². The zero-order chi connectivity index (χ0) is 19.3. The van der Waals surface area contributed by atoms with Crippen LogP contribution in [0.1, 0.15) is 15.9 Å². The van der Waals surface area contributed by atoms with E-state index in [1.54, 1.807) is 12.1 Å². The Morgan fingerprint density at radius 2 is 1.81 bits per heavy atom. The molecule has 0 aliphatic heterocycles. The van der Waals surface area contributed by atoms with E-state index in [0.29, 0.717) is 5.69 Å². The number of hydrogen-bond acceptors (Lipinski definition) is 4. The third-order valence-corrected chi connectivity index (χ3v) is 4.78.